The molecule has 6 atom stereocenters. The molecule has 2 fully saturated rings. The van der Waals surface area contributed by atoms with Crippen LogP contribution in [0.15, 0.2) is 6.07 Å². The standard InChI is InChI=1S/C20H29ClO4/c1-6-15-10(3)18(24-15)12-8-13(19-11(4)16(7-2)25-19)20(23-5)17(21)14(12)9-22/h8,10-11,15-16,18-19,22H,6-7,9H2,1-5H3. The lowest BCUT2D eigenvalue weighted by molar-refractivity contribution is -0.185. The number of rotatable bonds is 6. The highest BCUT2D eigenvalue weighted by atomic mass is 35.5. The number of hydrogen-bond donors (Lipinski definition) is 1. The fraction of sp³-hybridized carbons (Fsp3) is 0.700. The first-order valence-corrected chi connectivity index (χ1v) is 9.67. The van der Waals surface area contributed by atoms with Crippen LogP contribution in [0.4, 0.5) is 0 Å². The third-order valence-electron chi connectivity index (χ3n) is 5.94. The summed E-state index contributed by atoms with van der Waals surface area (Å²) < 4.78 is 17.7. The number of ether oxygens (including phenoxy) is 3. The lowest BCUT2D eigenvalue weighted by Gasteiger charge is -2.46. The SMILES string of the molecule is CCC1OC(c2cc(C3OC(CC)C3C)c(OC)c(Cl)c2CO)C1C. The Balaban J connectivity index is 2.01. The van der Waals surface area contributed by atoms with Crippen LogP contribution < -0.4 is 4.74 Å². The van der Waals surface area contributed by atoms with Crippen molar-refractivity contribution in [2.75, 3.05) is 7.11 Å². The topological polar surface area (TPSA) is 47.9 Å². The van der Waals surface area contributed by atoms with Crippen LogP contribution in [0.25, 0.3) is 0 Å². The molecule has 3 rings (SSSR count). The molecule has 0 saturated carbocycles. The van der Waals surface area contributed by atoms with Crippen molar-refractivity contribution in [2.24, 2.45) is 11.8 Å². The summed E-state index contributed by atoms with van der Waals surface area (Å²) in [5.41, 5.74) is 2.64. The van der Waals surface area contributed by atoms with Crippen molar-refractivity contribution < 1.29 is 19.3 Å². The molecule has 0 aliphatic carbocycles. The zero-order chi connectivity index (χ0) is 18.3. The summed E-state index contributed by atoms with van der Waals surface area (Å²) in [7, 11) is 1.61. The van der Waals surface area contributed by atoms with Gasteiger partial charge in [0, 0.05) is 23.0 Å². The fourth-order valence-corrected chi connectivity index (χ4v) is 4.63. The van der Waals surface area contributed by atoms with Gasteiger partial charge in [0.2, 0.25) is 0 Å². The van der Waals surface area contributed by atoms with E-state index in [4.69, 9.17) is 25.8 Å². The van der Waals surface area contributed by atoms with E-state index in [9.17, 15) is 5.11 Å². The van der Waals surface area contributed by atoms with Crippen molar-refractivity contribution in [3.05, 3.63) is 27.8 Å². The summed E-state index contributed by atoms with van der Waals surface area (Å²) in [4.78, 5) is 0. The zero-order valence-corrected chi connectivity index (χ0v) is 16.5. The molecule has 1 aromatic rings. The van der Waals surface area contributed by atoms with E-state index in [-0.39, 0.29) is 31.0 Å². The highest BCUT2D eigenvalue weighted by Crippen LogP contribution is 2.52. The van der Waals surface area contributed by atoms with E-state index in [1.807, 2.05) is 0 Å². The van der Waals surface area contributed by atoms with Gasteiger partial charge in [0.1, 0.15) is 5.75 Å². The number of aliphatic hydroxyl groups is 1. The van der Waals surface area contributed by atoms with E-state index >= 15 is 0 Å². The molecular weight excluding hydrogens is 340 g/mol. The van der Waals surface area contributed by atoms with Crippen LogP contribution in [-0.4, -0.2) is 24.4 Å². The van der Waals surface area contributed by atoms with Crippen molar-refractivity contribution in [1.29, 1.82) is 0 Å². The summed E-state index contributed by atoms with van der Waals surface area (Å²) in [6, 6.07) is 2.08. The lowest BCUT2D eigenvalue weighted by atomic mass is 9.79. The Kier molecular flexibility index (Phi) is 5.64. The number of aliphatic hydroxyl groups excluding tert-OH is 1. The molecular formula is C20H29ClO4. The summed E-state index contributed by atoms with van der Waals surface area (Å²) in [6.07, 6.45) is 2.47. The smallest absolute Gasteiger partial charge is 0.143 e. The highest BCUT2D eigenvalue weighted by Gasteiger charge is 2.44. The summed E-state index contributed by atoms with van der Waals surface area (Å²) in [5.74, 6) is 1.42. The van der Waals surface area contributed by atoms with E-state index in [1.165, 1.54) is 0 Å². The predicted molar refractivity (Wildman–Crippen MR) is 98.1 cm³/mol. The van der Waals surface area contributed by atoms with Crippen molar-refractivity contribution >= 4 is 11.6 Å². The van der Waals surface area contributed by atoms with Gasteiger partial charge in [-0.2, -0.15) is 0 Å². The van der Waals surface area contributed by atoms with Crippen molar-refractivity contribution in [3.63, 3.8) is 0 Å². The minimum absolute atomic E-state index is 0.0266. The van der Waals surface area contributed by atoms with E-state index in [0.29, 0.717) is 28.2 Å². The highest BCUT2D eigenvalue weighted by molar-refractivity contribution is 6.33. The van der Waals surface area contributed by atoms with Crippen molar-refractivity contribution in [2.45, 2.75) is 71.6 Å². The molecule has 0 radical (unpaired) electrons. The second-order valence-electron chi connectivity index (χ2n) is 7.26. The van der Waals surface area contributed by atoms with E-state index in [0.717, 1.165) is 24.0 Å². The molecule has 5 heteroatoms. The predicted octanol–water partition coefficient (Wildman–Crippen LogP) is 4.81. The molecule has 2 aliphatic rings. The maximum atomic E-state index is 9.90. The first kappa shape index (κ1) is 19.0. The molecule has 0 bridgehead atoms. The third kappa shape index (κ3) is 2.97. The van der Waals surface area contributed by atoms with Crippen molar-refractivity contribution in [1.82, 2.24) is 0 Å². The third-order valence-corrected chi connectivity index (χ3v) is 6.34. The van der Waals surface area contributed by atoms with Crippen LogP contribution in [-0.2, 0) is 16.1 Å². The van der Waals surface area contributed by atoms with Gasteiger partial charge in [-0.05, 0) is 24.5 Å². The van der Waals surface area contributed by atoms with Gasteiger partial charge >= 0.3 is 0 Å². The number of halogens is 1. The lowest BCUT2D eigenvalue weighted by Crippen LogP contribution is -2.42. The Bertz CT molecular complexity index is 582. The largest absolute Gasteiger partial charge is 0.495 e. The van der Waals surface area contributed by atoms with Crippen LogP contribution in [0.5, 0.6) is 5.75 Å². The Hall–Kier alpha value is -0.810. The van der Waals surface area contributed by atoms with Crippen molar-refractivity contribution in [3.8, 4) is 5.75 Å². The summed E-state index contributed by atoms with van der Waals surface area (Å²) in [6.45, 7) is 8.52. The molecule has 2 saturated heterocycles. The molecule has 0 spiro atoms. The second kappa shape index (κ2) is 7.43. The second-order valence-corrected chi connectivity index (χ2v) is 7.64. The summed E-state index contributed by atoms with van der Waals surface area (Å²) in [5, 5.41) is 10.4. The van der Waals surface area contributed by atoms with Gasteiger partial charge in [-0.1, -0.05) is 39.3 Å². The maximum Gasteiger partial charge on any atom is 0.143 e. The van der Waals surface area contributed by atoms with Gasteiger partial charge in [-0.25, -0.2) is 0 Å². The van der Waals surface area contributed by atoms with Crippen LogP contribution in [0.3, 0.4) is 0 Å². The van der Waals surface area contributed by atoms with Gasteiger partial charge in [0.15, 0.2) is 0 Å². The van der Waals surface area contributed by atoms with Gasteiger partial charge < -0.3 is 19.3 Å². The zero-order valence-electron chi connectivity index (χ0n) is 15.7. The quantitative estimate of drug-likeness (QED) is 0.782. The first-order valence-electron chi connectivity index (χ1n) is 9.29. The Morgan fingerprint density at radius 3 is 1.96 bits per heavy atom. The van der Waals surface area contributed by atoms with Gasteiger partial charge in [-0.15, -0.1) is 0 Å². The average Bonchev–Trinajstić information content (AvgIpc) is 2.60. The van der Waals surface area contributed by atoms with E-state index in [2.05, 4.69) is 33.8 Å². The van der Waals surface area contributed by atoms with E-state index < -0.39 is 0 Å². The molecule has 0 amide bonds. The molecule has 6 unspecified atom stereocenters. The minimum atomic E-state index is -0.132. The van der Waals surface area contributed by atoms with Crippen LogP contribution in [0.2, 0.25) is 5.02 Å². The first-order chi connectivity index (χ1) is 12.0. The minimum Gasteiger partial charge on any atom is -0.495 e. The molecule has 140 valence electrons. The number of benzene rings is 1. The van der Waals surface area contributed by atoms with Gasteiger partial charge in [-0.3, -0.25) is 0 Å². The molecule has 2 aliphatic heterocycles. The Labute approximate surface area is 155 Å². The Morgan fingerprint density at radius 1 is 1.04 bits per heavy atom. The van der Waals surface area contributed by atoms with Crippen LogP contribution in [0.1, 0.15) is 69.4 Å². The number of methoxy groups -OCH3 is 1. The van der Waals surface area contributed by atoms with Crippen LogP contribution >= 0.6 is 11.6 Å². The average molecular weight is 369 g/mol. The Morgan fingerprint density at radius 2 is 1.56 bits per heavy atom. The van der Waals surface area contributed by atoms with Crippen LogP contribution in [0, 0.1) is 11.8 Å². The fourth-order valence-electron chi connectivity index (χ4n) is 4.28. The van der Waals surface area contributed by atoms with Gasteiger partial charge in [0.25, 0.3) is 0 Å². The molecule has 2 heterocycles. The normalized spacial score (nSPS) is 34.4. The van der Waals surface area contributed by atoms with E-state index in [1.54, 1.807) is 7.11 Å². The monoisotopic (exact) mass is 368 g/mol. The van der Waals surface area contributed by atoms with Gasteiger partial charge in [0.05, 0.1) is 43.2 Å². The molecule has 1 aromatic carbocycles. The molecule has 25 heavy (non-hydrogen) atoms. The molecule has 1 N–H and O–H groups in total. The molecule has 4 nitrogen and oxygen atoms in total. The maximum absolute atomic E-state index is 9.90. The summed E-state index contributed by atoms with van der Waals surface area (Å²) >= 11 is 6.61. The molecule has 0 aromatic heterocycles. The number of hydrogen-bond acceptors (Lipinski definition) is 4.